The van der Waals surface area contributed by atoms with E-state index in [2.05, 4.69) is 15.2 Å². The van der Waals surface area contributed by atoms with Crippen molar-refractivity contribution >= 4 is 17.5 Å². The van der Waals surface area contributed by atoms with E-state index in [1.165, 1.54) is 0 Å². The van der Waals surface area contributed by atoms with Crippen LogP contribution in [0.2, 0.25) is 5.02 Å². The first-order valence-electron chi connectivity index (χ1n) is 8.42. The molecular formula is C19H22ClN3O2. The topological polar surface area (TPSA) is 54.5 Å². The molecule has 1 fully saturated rings. The summed E-state index contributed by atoms with van der Waals surface area (Å²) in [7, 11) is 0. The molecule has 1 aliphatic heterocycles. The van der Waals surface area contributed by atoms with Crippen molar-refractivity contribution in [3.8, 4) is 0 Å². The van der Waals surface area contributed by atoms with E-state index in [-0.39, 0.29) is 11.9 Å². The van der Waals surface area contributed by atoms with E-state index in [9.17, 15) is 4.79 Å². The van der Waals surface area contributed by atoms with Crippen LogP contribution < -0.4 is 5.32 Å². The Morgan fingerprint density at radius 3 is 2.84 bits per heavy atom. The molecule has 0 saturated carbocycles. The molecule has 1 N–H and O–H groups in total. The van der Waals surface area contributed by atoms with Gasteiger partial charge in [0.25, 0.3) is 5.91 Å². The molecule has 0 bridgehead atoms. The minimum Gasteiger partial charge on any atom is -0.379 e. The van der Waals surface area contributed by atoms with E-state index >= 15 is 0 Å². The maximum Gasteiger partial charge on any atom is 0.251 e. The normalized spacial score (nSPS) is 16.4. The minimum absolute atomic E-state index is 0.0218. The molecule has 0 radical (unpaired) electrons. The van der Waals surface area contributed by atoms with Gasteiger partial charge in [-0.3, -0.25) is 14.7 Å². The van der Waals surface area contributed by atoms with Crippen LogP contribution in [-0.4, -0.2) is 48.6 Å². The predicted molar refractivity (Wildman–Crippen MR) is 97.9 cm³/mol. The molecule has 1 amide bonds. The van der Waals surface area contributed by atoms with Gasteiger partial charge in [0.05, 0.1) is 24.9 Å². The fourth-order valence-corrected chi connectivity index (χ4v) is 3.18. The van der Waals surface area contributed by atoms with E-state index in [1.54, 1.807) is 18.3 Å². The number of hydrogen-bond acceptors (Lipinski definition) is 4. The second kappa shape index (κ2) is 8.43. The lowest BCUT2D eigenvalue weighted by molar-refractivity contribution is 0.0154. The van der Waals surface area contributed by atoms with Gasteiger partial charge < -0.3 is 10.1 Å². The number of halogens is 1. The molecule has 1 atom stereocenters. The highest BCUT2D eigenvalue weighted by atomic mass is 35.5. The summed E-state index contributed by atoms with van der Waals surface area (Å²) >= 11 is 6.03. The first-order valence-corrected chi connectivity index (χ1v) is 8.80. The number of nitrogens with one attached hydrogen (secondary N) is 1. The molecule has 6 heteroatoms. The molecule has 1 aliphatic rings. The summed E-state index contributed by atoms with van der Waals surface area (Å²) in [4.78, 5) is 19.4. The van der Waals surface area contributed by atoms with Crippen LogP contribution in [-0.2, 0) is 4.74 Å². The van der Waals surface area contributed by atoms with Gasteiger partial charge in [-0.1, -0.05) is 23.7 Å². The van der Waals surface area contributed by atoms with Gasteiger partial charge >= 0.3 is 0 Å². The van der Waals surface area contributed by atoms with Gasteiger partial charge in [-0.25, -0.2) is 0 Å². The number of carbonyl (C=O) groups excluding carboxylic acids is 1. The molecule has 3 rings (SSSR count). The molecule has 0 unspecified atom stereocenters. The number of pyridine rings is 1. The van der Waals surface area contributed by atoms with Crippen molar-refractivity contribution < 1.29 is 9.53 Å². The van der Waals surface area contributed by atoms with Gasteiger partial charge in [0.15, 0.2) is 0 Å². The first-order chi connectivity index (χ1) is 12.1. The Hall–Kier alpha value is -1.95. The minimum atomic E-state index is -0.116. The Morgan fingerprint density at radius 1 is 1.32 bits per heavy atom. The van der Waals surface area contributed by atoms with E-state index in [4.69, 9.17) is 16.3 Å². The van der Waals surface area contributed by atoms with Crippen LogP contribution in [0.15, 0.2) is 42.6 Å². The van der Waals surface area contributed by atoms with Crippen molar-refractivity contribution in [3.05, 3.63) is 64.4 Å². The lowest BCUT2D eigenvalue weighted by atomic mass is 10.1. The van der Waals surface area contributed by atoms with Crippen LogP contribution in [0.1, 0.15) is 27.7 Å². The molecule has 2 aromatic rings. The molecule has 0 spiro atoms. The fraction of sp³-hybridized carbons (Fsp3) is 0.368. The van der Waals surface area contributed by atoms with Gasteiger partial charge in [-0.15, -0.1) is 0 Å². The van der Waals surface area contributed by atoms with Crippen molar-refractivity contribution in [1.82, 2.24) is 15.2 Å². The largest absolute Gasteiger partial charge is 0.379 e. The molecule has 1 aromatic carbocycles. The van der Waals surface area contributed by atoms with Gasteiger partial charge in [-0.05, 0) is 36.8 Å². The van der Waals surface area contributed by atoms with Crippen LogP contribution in [0.5, 0.6) is 0 Å². The molecule has 5 nitrogen and oxygen atoms in total. The maximum absolute atomic E-state index is 12.6. The zero-order valence-corrected chi connectivity index (χ0v) is 15.0. The summed E-state index contributed by atoms with van der Waals surface area (Å²) in [6.45, 7) is 5.45. The lowest BCUT2D eigenvalue weighted by Gasteiger charge is -2.34. The van der Waals surface area contributed by atoms with Crippen LogP contribution in [0.3, 0.4) is 0 Å². The molecular weight excluding hydrogens is 338 g/mol. The summed E-state index contributed by atoms with van der Waals surface area (Å²) in [6, 6.07) is 11.2. The van der Waals surface area contributed by atoms with Gasteiger partial charge in [0, 0.05) is 36.4 Å². The van der Waals surface area contributed by atoms with Crippen LogP contribution in [0.25, 0.3) is 0 Å². The number of benzene rings is 1. The third-order valence-corrected chi connectivity index (χ3v) is 4.65. The van der Waals surface area contributed by atoms with Crippen LogP contribution >= 0.6 is 11.6 Å². The van der Waals surface area contributed by atoms with Crippen molar-refractivity contribution in [1.29, 1.82) is 0 Å². The standard InChI is InChI=1S/C19H22ClN3O2/c1-14-5-6-15(20)12-16(14)19(24)22-13-18(17-4-2-3-7-21-17)23-8-10-25-11-9-23/h2-7,12,18H,8-11,13H2,1H3,(H,22,24)/t18-/m1/s1. The smallest absolute Gasteiger partial charge is 0.251 e. The third-order valence-electron chi connectivity index (χ3n) is 4.42. The predicted octanol–water partition coefficient (Wildman–Crippen LogP) is 2.85. The van der Waals surface area contributed by atoms with Crippen LogP contribution in [0, 0.1) is 6.92 Å². The maximum atomic E-state index is 12.6. The molecule has 132 valence electrons. The van der Waals surface area contributed by atoms with E-state index < -0.39 is 0 Å². The SMILES string of the molecule is Cc1ccc(Cl)cc1C(=O)NC[C@H](c1ccccn1)N1CCOCC1. The Labute approximate surface area is 153 Å². The zero-order valence-electron chi connectivity index (χ0n) is 14.2. The average molecular weight is 360 g/mol. The number of nitrogens with zero attached hydrogens (tertiary/aromatic N) is 2. The monoisotopic (exact) mass is 359 g/mol. The van der Waals surface area contributed by atoms with Crippen molar-refractivity contribution in [2.45, 2.75) is 13.0 Å². The second-order valence-electron chi connectivity index (χ2n) is 6.09. The number of aromatic nitrogens is 1. The van der Waals surface area contributed by atoms with Gasteiger partial charge in [0.2, 0.25) is 0 Å². The Balaban J connectivity index is 1.74. The summed E-state index contributed by atoms with van der Waals surface area (Å²) < 4.78 is 5.45. The van der Waals surface area contributed by atoms with Crippen molar-refractivity contribution in [2.75, 3.05) is 32.8 Å². The number of aryl methyl sites for hydroxylation is 1. The number of hydrogen-bond donors (Lipinski definition) is 1. The molecule has 25 heavy (non-hydrogen) atoms. The number of rotatable bonds is 5. The summed E-state index contributed by atoms with van der Waals surface area (Å²) in [5.74, 6) is -0.116. The zero-order chi connectivity index (χ0) is 17.6. The highest BCUT2D eigenvalue weighted by Crippen LogP contribution is 2.20. The molecule has 1 aromatic heterocycles. The Kier molecular flexibility index (Phi) is 6.02. The highest BCUT2D eigenvalue weighted by molar-refractivity contribution is 6.31. The van der Waals surface area contributed by atoms with E-state index in [0.717, 1.165) is 24.3 Å². The van der Waals surface area contributed by atoms with Crippen molar-refractivity contribution in [3.63, 3.8) is 0 Å². The van der Waals surface area contributed by atoms with Gasteiger partial charge in [0.1, 0.15) is 0 Å². The van der Waals surface area contributed by atoms with Crippen molar-refractivity contribution in [2.24, 2.45) is 0 Å². The lowest BCUT2D eigenvalue weighted by Crippen LogP contribution is -2.44. The number of amides is 1. The van der Waals surface area contributed by atoms with E-state index in [0.29, 0.717) is 30.3 Å². The fourth-order valence-electron chi connectivity index (χ4n) is 3.01. The number of carbonyl (C=O) groups is 1. The molecule has 0 aliphatic carbocycles. The van der Waals surface area contributed by atoms with Gasteiger partial charge in [-0.2, -0.15) is 0 Å². The van der Waals surface area contributed by atoms with E-state index in [1.807, 2.05) is 31.2 Å². The summed E-state index contributed by atoms with van der Waals surface area (Å²) in [6.07, 6.45) is 1.78. The summed E-state index contributed by atoms with van der Waals surface area (Å²) in [5, 5.41) is 3.60. The second-order valence-corrected chi connectivity index (χ2v) is 6.52. The Morgan fingerprint density at radius 2 is 2.12 bits per heavy atom. The summed E-state index contributed by atoms with van der Waals surface area (Å²) in [5.41, 5.74) is 2.46. The first kappa shape index (κ1) is 17.9. The molecule has 1 saturated heterocycles. The third kappa shape index (κ3) is 4.57. The highest BCUT2D eigenvalue weighted by Gasteiger charge is 2.24. The average Bonchev–Trinajstić information content (AvgIpc) is 2.65. The number of ether oxygens (including phenoxy) is 1. The quantitative estimate of drug-likeness (QED) is 0.891. The molecule has 2 heterocycles. The van der Waals surface area contributed by atoms with Crippen LogP contribution in [0.4, 0.5) is 0 Å². The number of morpholine rings is 1. The Bertz CT molecular complexity index is 718.